The zero-order valence-corrected chi connectivity index (χ0v) is 15.8. The maximum Gasteiger partial charge on any atom is 0.285 e. The van der Waals surface area contributed by atoms with E-state index in [0.717, 1.165) is 16.8 Å². The third-order valence-electron chi connectivity index (χ3n) is 3.29. The van der Waals surface area contributed by atoms with Crippen LogP contribution in [0.4, 0.5) is 4.39 Å². The molecule has 25 heavy (non-hydrogen) atoms. The van der Waals surface area contributed by atoms with Gasteiger partial charge in [-0.15, -0.1) is 0 Å². The molecule has 0 aliphatic carbocycles. The van der Waals surface area contributed by atoms with Gasteiger partial charge in [0.25, 0.3) is 11.8 Å². The standard InChI is InChI=1S/C17H10BrFN2O2S2/c18-13-4-2-1-3-12(13)15(22)20-21-16(23)14(25-17(21)24)9-10-5-7-11(19)8-6-10/h1-9H,(H,20,22)/b14-9-. The molecule has 8 heteroatoms. The molecule has 0 spiro atoms. The van der Waals surface area contributed by atoms with Gasteiger partial charge in [-0.1, -0.05) is 36.0 Å². The van der Waals surface area contributed by atoms with Crippen molar-refractivity contribution < 1.29 is 14.0 Å². The number of nitrogens with zero attached hydrogens (tertiary/aromatic N) is 1. The second kappa shape index (κ2) is 7.47. The third-order valence-corrected chi connectivity index (χ3v) is 5.29. The number of hydrazine groups is 1. The van der Waals surface area contributed by atoms with E-state index in [-0.39, 0.29) is 10.1 Å². The summed E-state index contributed by atoms with van der Waals surface area (Å²) < 4.78 is 13.8. The van der Waals surface area contributed by atoms with Gasteiger partial charge in [0.1, 0.15) is 5.82 Å². The number of halogens is 2. The topological polar surface area (TPSA) is 49.4 Å². The summed E-state index contributed by atoms with van der Waals surface area (Å²) in [6, 6.07) is 12.6. The molecule has 1 saturated heterocycles. The fourth-order valence-corrected chi connectivity index (χ4v) is 3.73. The van der Waals surface area contributed by atoms with Crippen molar-refractivity contribution >= 4 is 62.1 Å². The van der Waals surface area contributed by atoms with Crippen LogP contribution in [0.1, 0.15) is 15.9 Å². The van der Waals surface area contributed by atoms with Crippen molar-refractivity contribution in [1.29, 1.82) is 0 Å². The van der Waals surface area contributed by atoms with Crippen molar-refractivity contribution in [2.24, 2.45) is 0 Å². The Bertz CT molecular complexity index is 900. The third kappa shape index (κ3) is 3.97. The van der Waals surface area contributed by atoms with E-state index in [1.807, 2.05) is 0 Å². The van der Waals surface area contributed by atoms with Gasteiger partial charge >= 0.3 is 0 Å². The summed E-state index contributed by atoms with van der Waals surface area (Å²) >= 11 is 9.54. The zero-order chi connectivity index (χ0) is 18.0. The van der Waals surface area contributed by atoms with E-state index in [4.69, 9.17) is 12.2 Å². The van der Waals surface area contributed by atoms with E-state index in [1.165, 1.54) is 12.1 Å². The van der Waals surface area contributed by atoms with Gasteiger partial charge in [-0.3, -0.25) is 15.0 Å². The van der Waals surface area contributed by atoms with Crippen molar-refractivity contribution in [2.45, 2.75) is 0 Å². The first-order valence-electron chi connectivity index (χ1n) is 7.05. The van der Waals surface area contributed by atoms with E-state index < -0.39 is 11.8 Å². The number of thiocarbonyl (C=S) groups is 1. The lowest BCUT2D eigenvalue weighted by Gasteiger charge is -2.16. The van der Waals surface area contributed by atoms with Crippen LogP contribution >= 0.6 is 39.9 Å². The first kappa shape index (κ1) is 17.8. The number of nitrogens with one attached hydrogen (secondary N) is 1. The molecule has 0 bridgehead atoms. The van der Waals surface area contributed by atoms with Gasteiger partial charge in [-0.25, -0.2) is 4.39 Å². The molecule has 0 unspecified atom stereocenters. The molecule has 1 heterocycles. The second-order valence-corrected chi connectivity index (χ2v) is 7.52. The Balaban J connectivity index is 1.79. The maximum atomic E-state index is 13.0. The number of hydrogen-bond donors (Lipinski definition) is 1. The number of carbonyl (C=O) groups is 2. The van der Waals surface area contributed by atoms with Crippen LogP contribution in [0.25, 0.3) is 6.08 Å². The highest BCUT2D eigenvalue weighted by molar-refractivity contribution is 9.10. The molecule has 2 aromatic rings. The summed E-state index contributed by atoms with van der Waals surface area (Å²) in [6.07, 6.45) is 1.60. The normalized spacial score (nSPS) is 15.8. The zero-order valence-electron chi connectivity index (χ0n) is 12.5. The van der Waals surface area contributed by atoms with Gasteiger partial charge in [0, 0.05) is 4.47 Å². The fourth-order valence-electron chi connectivity index (χ4n) is 2.08. The molecule has 1 aliphatic rings. The predicted octanol–water partition coefficient (Wildman–Crippen LogP) is 4.13. The lowest BCUT2D eigenvalue weighted by atomic mass is 10.2. The van der Waals surface area contributed by atoms with Crippen LogP contribution < -0.4 is 5.43 Å². The molecule has 2 amide bonds. The molecular weight excluding hydrogens is 427 g/mol. The van der Waals surface area contributed by atoms with Crippen molar-refractivity contribution in [3.05, 3.63) is 74.9 Å². The Morgan fingerprint density at radius 1 is 1.20 bits per heavy atom. The van der Waals surface area contributed by atoms with Gasteiger partial charge in [0.2, 0.25) is 0 Å². The molecule has 0 radical (unpaired) electrons. The highest BCUT2D eigenvalue weighted by Crippen LogP contribution is 2.31. The Morgan fingerprint density at radius 2 is 1.88 bits per heavy atom. The largest absolute Gasteiger partial charge is 0.285 e. The van der Waals surface area contributed by atoms with Crippen LogP contribution in [0.5, 0.6) is 0 Å². The van der Waals surface area contributed by atoms with E-state index in [9.17, 15) is 14.0 Å². The molecule has 0 atom stereocenters. The smallest absolute Gasteiger partial charge is 0.267 e. The second-order valence-electron chi connectivity index (χ2n) is 4.99. The van der Waals surface area contributed by atoms with Crippen LogP contribution in [0.15, 0.2) is 57.9 Å². The molecule has 2 aromatic carbocycles. The van der Waals surface area contributed by atoms with Crippen LogP contribution in [0, 0.1) is 5.82 Å². The van der Waals surface area contributed by atoms with E-state index in [2.05, 4.69) is 21.4 Å². The first-order valence-corrected chi connectivity index (χ1v) is 9.06. The molecule has 1 aliphatic heterocycles. The summed E-state index contributed by atoms with van der Waals surface area (Å²) in [6.45, 7) is 0. The van der Waals surface area contributed by atoms with Gasteiger partial charge in [0.15, 0.2) is 4.32 Å². The van der Waals surface area contributed by atoms with Crippen molar-refractivity contribution in [1.82, 2.24) is 10.4 Å². The van der Waals surface area contributed by atoms with Crippen LogP contribution in [0.2, 0.25) is 0 Å². The number of amides is 2. The summed E-state index contributed by atoms with van der Waals surface area (Å²) in [4.78, 5) is 25.2. The van der Waals surface area contributed by atoms with Crippen molar-refractivity contribution in [3.63, 3.8) is 0 Å². The molecule has 1 N–H and O–H groups in total. The SMILES string of the molecule is O=C(NN1C(=O)/C(=C/c2ccc(F)cc2)SC1=S)c1ccccc1Br. The highest BCUT2D eigenvalue weighted by Gasteiger charge is 2.34. The predicted molar refractivity (Wildman–Crippen MR) is 103 cm³/mol. The van der Waals surface area contributed by atoms with Crippen molar-refractivity contribution in [2.75, 3.05) is 0 Å². The lowest BCUT2D eigenvalue weighted by Crippen LogP contribution is -2.44. The van der Waals surface area contributed by atoms with E-state index in [1.54, 1.807) is 42.5 Å². The molecule has 0 saturated carbocycles. The minimum Gasteiger partial charge on any atom is -0.267 e. The number of rotatable bonds is 3. The Morgan fingerprint density at radius 3 is 2.56 bits per heavy atom. The number of benzene rings is 2. The Labute approximate surface area is 161 Å². The molecule has 126 valence electrons. The maximum absolute atomic E-state index is 13.0. The van der Waals surface area contributed by atoms with Gasteiger partial charge in [0.05, 0.1) is 10.5 Å². The minimum absolute atomic E-state index is 0.221. The Kier molecular flexibility index (Phi) is 5.31. The number of thioether (sulfide) groups is 1. The monoisotopic (exact) mass is 436 g/mol. The average molecular weight is 437 g/mol. The summed E-state index contributed by atoms with van der Waals surface area (Å²) in [5, 5.41) is 1.04. The summed E-state index contributed by atoms with van der Waals surface area (Å²) in [5.74, 6) is -1.24. The van der Waals surface area contributed by atoms with Crippen molar-refractivity contribution in [3.8, 4) is 0 Å². The minimum atomic E-state index is -0.452. The molecule has 1 fully saturated rings. The summed E-state index contributed by atoms with van der Waals surface area (Å²) in [7, 11) is 0. The van der Waals surface area contributed by atoms with Crippen LogP contribution in [0.3, 0.4) is 0 Å². The number of hydrogen-bond acceptors (Lipinski definition) is 4. The molecule has 4 nitrogen and oxygen atoms in total. The van der Waals surface area contributed by atoms with Crippen LogP contribution in [-0.4, -0.2) is 21.1 Å². The molecular formula is C17H10BrFN2O2S2. The molecule has 0 aromatic heterocycles. The van der Waals surface area contributed by atoms with E-state index >= 15 is 0 Å². The van der Waals surface area contributed by atoms with Crippen LogP contribution in [-0.2, 0) is 4.79 Å². The lowest BCUT2D eigenvalue weighted by molar-refractivity contribution is -0.123. The number of carbonyl (C=O) groups excluding carboxylic acids is 2. The van der Waals surface area contributed by atoms with Gasteiger partial charge < -0.3 is 0 Å². The highest BCUT2D eigenvalue weighted by atomic mass is 79.9. The quantitative estimate of drug-likeness (QED) is 0.580. The van der Waals surface area contributed by atoms with Gasteiger partial charge in [-0.05, 0) is 64.1 Å². The van der Waals surface area contributed by atoms with E-state index in [0.29, 0.717) is 20.5 Å². The summed E-state index contributed by atoms with van der Waals surface area (Å²) in [5.41, 5.74) is 3.57. The molecule has 3 rings (SSSR count). The van der Waals surface area contributed by atoms with Gasteiger partial charge in [-0.2, -0.15) is 5.01 Å². The average Bonchev–Trinajstić information content (AvgIpc) is 2.85. The fraction of sp³-hybridized carbons (Fsp3) is 0. The Hall–Kier alpha value is -2.03. The first-order chi connectivity index (χ1) is 12.0.